The minimum Gasteiger partial charge on any atom is -0.466 e. The number of thioether (sulfide) groups is 1. The molecule has 1 rings (SSSR count). The van der Waals surface area contributed by atoms with Crippen LogP contribution in [0.5, 0.6) is 0 Å². The van der Waals surface area contributed by atoms with E-state index in [4.69, 9.17) is 4.74 Å². The Morgan fingerprint density at radius 1 is 1.62 bits per heavy atom. The fourth-order valence-corrected chi connectivity index (χ4v) is 3.74. The van der Waals surface area contributed by atoms with Gasteiger partial charge in [-0.2, -0.15) is 11.8 Å². The molecule has 3 nitrogen and oxygen atoms in total. The molecule has 0 aromatic heterocycles. The van der Waals surface area contributed by atoms with Crippen LogP contribution in [0.2, 0.25) is 0 Å². The van der Waals surface area contributed by atoms with Crippen molar-refractivity contribution in [2.24, 2.45) is 11.8 Å². The van der Waals surface area contributed by atoms with E-state index in [-0.39, 0.29) is 11.9 Å². The second-order valence-electron chi connectivity index (χ2n) is 4.90. The highest BCUT2D eigenvalue weighted by molar-refractivity contribution is 8.00. The SMILES string of the molecule is CCOC(=O)C(C(C)C)C1(O)CSC(C)C1. The van der Waals surface area contributed by atoms with E-state index in [0.29, 0.717) is 24.0 Å². The monoisotopic (exact) mass is 246 g/mol. The molecule has 0 radical (unpaired) electrons. The number of esters is 1. The minimum atomic E-state index is -0.884. The molecule has 3 atom stereocenters. The third kappa shape index (κ3) is 2.92. The summed E-state index contributed by atoms with van der Waals surface area (Å²) < 4.78 is 5.07. The van der Waals surface area contributed by atoms with Gasteiger partial charge in [0.2, 0.25) is 0 Å². The highest BCUT2D eigenvalue weighted by Gasteiger charge is 2.48. The predicted octanol–water partition coefficient (Wildman–Crippen LogP) is 2.08. The van der Waals surface area contributed by atoms with Crippen molar-refractivity contribution >= 4 is 17.7 Å². The standard InChI is InChI=1S/C12H22O3S/c1-5-15-11(13)10(8(2)3)12(14)6-9(4)16-7-12/h8-10,14H,5-7H2,1-4H3. The lowest BCUT2D eigenvalue weighted by Crippen LogP contribution is -2.46. The Labute approximate surface area is 102 Å². The molecule has 94 valence electrons. The highest BCUT2D eigenvalue weighted by Crippen LogP contribution is 2.42. The van der Waals surface area contributed by atoms with E-state index < -0.39 is 11.5 Å². The summed E-state index contributed by atoms with van der Waals surface area (Å²) in [5.41, 5.74) is -0.884. The van der Waals surface area contributed by atoms with Crippen molar-refractivity contribution in [3.05, 3.63) is 0 Å². The van der Waals surface area contributed by atoms with Crippen LogP contribution in [0.4, 0.5) is 0 Å². The van der Waals surface area contributed by atoms with Crippen molar-refractivity contribution in [2.75, 3.05) is 12.4 Å². The van der Waals surface area contributed by atoms with Crippen molar-refractivity contribution in [2.45, 2.75) is 45.0 Å². The number of ether oxygens (including phenoxy) is 1. The Balaban J connectivity index is 2.81. The summed E-state index contributed by atoms with van der Waals surface area (Å²) >= 11 is 1.73. The molecular weight excluding hydrogens is 224 g/mol. The van der Waals surface area contributed by atoms with Crippen molar-refractivity contribution < 1.29 is 14.6 Å². The molecule has 4 heteroatoms. The maximum absolute atomic E-state index is 11.9. The van der Waals surface area contributed by atoms with E-state index in [1.807, 2.05) is 13.8 Å². The van der Waals surface area contributed by atoms with Crippen LogP contribution in [0, 0.1) is 11.8 Å². The van der Waals surface area contributed by atoms with Gasteiger partial charge in [0, 0.05) is 11.0 Å². The Morgan fingerprint density at radius 3 is 2.62 bits per heavy atom. The van der Waals surface area contributed by atoms with E-state index >= 15 is 0 Å². The van der Waals surface area contributed by atoms with Crippen LogP contribution in [0.15, 0.2) is 0 Å². The Hall–Kier alpha value is -0.220. The summed E-state index contributed by atoms with van der Waals surface area (Å²) in [6.45, 7) is 8.19. The van der Waals surface area contributed by atoms with Crippen LogP contribution in [0.3, 0.4) is 0 Å². The average molecular weight is 246 g/mol. The van der Waals surface area contributed by atoms with E-state index in [1.54, 1.807) is 18.7 Å². The molecule has 0 spiro atoms. The molecule has 1 N–H and O–H groups in total. The minimum absolute atomic E-state index is 0.106. The van der Waals surface area contributed by atoms with Gasteiger partial charge in [0.25, 0.3) is 0 Å². The van der Waals surface area contributed by atoms with Crippen LogP contribution in [-0.2, 0) is 9.53 Å². The van der Waals surface area contributed by atoms with Gasteiger partial charge in [0.05, 0.1) is 18.1 Å². The molecule has 3 unspecified atom stereocenters. The quantitative estimate of drug-likeness (QED) is 0.771. The van der Waals surface area contributed by atoms with Gasteiger partial charge >= 0.3 is 5.97 Å². The number of aliphatic hydroxyl groups is 1. The molecule has 0 bridgehead atoms. The average Bonchev–Trinajstić information content (AvgIpc) is 2.46. The molecular formula is C12H22O3S. The van der Waals surface area contributed by atoms with Crippen molar-refractivity contribution in [1.29, 1.82) is 0 Å². The molecule has 0 aliphatic carbocycles. The van der Waals surface area contributed by atoms with E-state index in [9.17, 15) is 9.90 Å². The van der Waals surface area contributed by atoms with E-state index in [0.717, 1.165) is 0 Å². The molecule has 0 amide bonds. The molecule has 0 aromatic rings. The second-order valence-corrected chi connectivity index (χ2v) is 6.33. The fourth-order valence-electron chi connectivity index (χ4n) is 2.46. The van der Waals surface area contributed by atoms with Crippen LogP contribution in [-0.4, -0.2) is 34.3 Å². The molecule has 16 heavy (non-hydrogen) atoms. The molecule has 0 aromatic carbocycles. The lowest BCUT2D eigenvalue weighted by Gasteiger charge is -2.33. The number of rotatable bonds is 4. The first-order chi connectivity index (χ1) is 7.40. The zero-order chi connectivity index (χ0) is 12.3. The van der Waals surface area contributed by atoms with Crippen LogP contribution in [0.1, 0.15) is 34.1 Å². The van der Waals surface area contributed by atoms with Crippen LogP contribution in [0.25, 0.3) is 0 Å². The molecule has 1 fully saturated rings. The maximum atomic E-state index is 11.9. The van der Waals surface area contributed by atoms with Gasteiger partial charge in [0.1, 0.15) is 0 Å². The molecule has 1 aliphatic heterocycles. The van der Waals surface area contributed by atoms with E-state index in [1.165, 1.54) is 0 Å². The normalized spacial score (nSPS) is 31.8. The van der Waals surface area contributed by atoms with Gasteiger partial charge in [-0.05, 0) is 19.3 Å². The van der Waals surface area contributed by atoms with Gasteiger partial charge in [0.15, 0.2) is 0 Å². The number of carbonyl (C=O) groups is 1. The topological polar surface area (TPSA) is 46.5 Å². The number of carbonyl (C=O) groups excluding carboxylic acids is 1. The molecule has 1 saturated heterocycles. The van der Waals surface area contributed by atoms with Gasteiger partial charge in [-0.15, -0.1) is 0 Å². The zero-order valence-electron chi connectivity index (χ0n) is 10.5. The smallest absolute Gasteiger partial charge is 0.312 e. The zero-order valence-corrected chi connectivity index (χ0v) is 11.3. The Bertz CT molecular complexity index is 255. The summed E-state index contributed by atoms with van der Waals surface area (Å²) in [6.07, 6.45) is 0.680. The van der Waals surface area contributed by atoms with Crippen LogP contribution >= 0.6 is 11.8 Å². The lowest BCUT2D eigenvalue weighted by molar-refractivity contribution is -0.160. The first kappa shape index (κ1) is 13.8. The van der Waals surface area contributed by atoms with Crippen molar-refractivity contribution in [3.8, 4) is 0 Å². The summed E-state index contributed by atoms with van der Waals surface area (Å²) in [6, 6.07) is 0. The third-order valence-electron chi connectivity index (χ3n) is 3.04. The number of hydrogen-bond donors (Lipinski definition) is 1. The van der Waals surface area contributed by atoms with Crippen molar-refractivity contribution in [3.63, 3.8) is 0 Å². The number of hydrogen-bond acceptors (Lipinski definition) is 4. The Morgan fingerprint density at radius 2 is 2.25 bits per heavy atom. The highest BCUT2D eigenvalue weighted by atomic mass is 32.2. The van der Waals surface area contributed by atoms with Gasteiger partial charge in [-0.1, -0.05) is 20.8 Å². The van der Waals surface area contributed by atoms with Gasteiger partial charge < -0.3 is 9.84 Å². The molecule has 0 saturated carbocycles. The largest absolute Gasteiger partial charge is 0.466 e. The lowest BCUT2D eigenvalue weighted by atomic mass is 9.78. The van der Waals surface area contributed by atoms with Gasteiger partial charge in [-0.3, -0.25) is 4.79 Å². The van der Waals surface area contributed by atoms with Crippen LogP contribution < -0.4 is 0 Å². The molecule has 1 heterocycles. The second kappa shape index (κ2) is 5.41. The maximum Gasteiger partial charge on any atom is 0.312 e. The molecule has 1 aliphatic rings. The predicted molar refractivity (Wildman–Crippen MR) is 66.4 cm³/mol. The third-order valence-corrected chi connectivity index (χ3v) is 4.45. The van der Waals surface area contributed by atoms with Gasteiger partial charge in [-0.25, -0.2) is 0 Å². The summed E-state index contributed by atoms with van der Waals surface area (Å²) in [5, 5.41) is 11.0. The summed E-state index contributed by atoms with van der Waals surface area (Å²) in [4.78, 5) is 11.9. The first-order valence-electron chi connectivity index (χ1n) is 5.91. The Kier molecular flexibility index (Phi) is 4.68. The van der Waals surface area contributed by atoms with E-state index in [2.05, 4.69) is 6.92 Å². The summed E-state index contributed by atoms with van der Waals surface area (Å²) in [5.74, 6) is 0.0880. The fraction of sp³-hybridized carbons (Fsp3) is 0.917. The summed E-state index contributed by atoms with van der Waals surface area (Å²) in [7, 11) is 0. The first-order valence-corrected chi connectivity index (χ1v) is 6.96. The van der Waals surface area contributed by atoms with Crippen molar-refractivity contribution in [1.82, 2.24) is 0 Å².